The van der Waals surface area contributed by atoms with Crippen molar-refractivity contribution in [3.63, 3.8) is 0 Å². The van der Waals surface area contributed by atoms with E-state index in [1.165, 1.54) is 6.92 Å². The summed E-state index contributed by atoms with van der Waals surface area (Å²) in [5.74, 6) is -3.00. The predicted molar refractivity (Wildman–Crippen MR) is 119 cm³/mol. The first-order valence-corrected chi connectivity index (χ1v) is 12.1. The Morgan fingerprint density at radius 2 is 1.73 bits per heavy atom. The number of aliphatic hydroxyl groups excluding tert-OH is 4. The number of carbonyl (C=O) groups excluding carboxylic acids is 1. The Balaban J connectivity index is 1.82. The third-order valence-electron chi connectivity index (χ3n) is 10.1. The lowest BCUT2D eigenvalue weighted by Crippen LogP contribution is -2.57. The summed E-state index contributed by atoms with van der Waals surface area (Å²) in [5, 5.41) is 66.4. The van der Waals surface area contributed by atoms with E-state index < -0.39 is 70.4 Å². The standard InChI is InChI=1S/C25H40O8/c1-11(13(3)26)21(30)33-20-15-8-7-14-12(2)17-18(28)19(29)22(4,5)25(17,32)16(27)9-24(14,20)10-23(15,6)31/h11,13-20,26-29,31-32H,2,7-10H2,1,3-6H3/t11-,13-,14-,15+,16+,17+,18+,19-,20+,23+,24-,25+/m0/s1. The van der Waals surface area contributed by atoms with Gasteiger partial charge in [0, 0.05) is 22.7 Å². The maximum absolute atomic E-state index is 12.9. The first-order valence-electron chi connectivity index (χ1n) is 12.1. The van der Waals surface area contributed by atoms with Crippen LogP contribution >= 0.6 is 0 Å². The number of carbonyl (C=O) groups is 1. The molecule has 4 rings (SSSR count). The van der Waals surface area contributed by atoms with Gasteiger partial charge in [0.1, 0.15) is 11.7 Å². The molecule has 6 N–H and O–H groups in total. The summed E-state index contributed by atoms with van der Waals surface area (Å²) in [6.07, 6.45) is -4.14. The number of aliphatic hydroxyl groups is 6. The van der Waals surface area contributed by atoms with Gasteiger partial charge in [-0.15, -0.1) is 0 Å². The highest BCUT2D eigenvalue weighted by Crippen LogP contribution is 2.69. The molecule has 2 bridgehead atoms. The minimum absolute atomic E-state index is 0.0280. The Kier molecular flexibility index (Phi) is 5.69. The van der Waals surface area contributed by atoms with E-state index in [9.17, 15) is 35.4 Å². The molecule has 4 aliphatic carbocycles. The van der Waals surface area contributed by atoms with Gasteiger partial charge in [-0.3, -0.25) is 4.79 Å². The van der Waals surface area contributed by atoms with Crippen molar-refractivity contribution >= 4 is 5.97 Å². The van der Waals surface area contributed by atoms with Crippen LogP contribution in [-0.2, 0) is 9.53 Å². The van der Waals surface area contributed by atoms with Gasteiger partial charge in [-0.2, -0.15) is 0 Å². The molecule has 0 heterocycles. The fraction of sp³-hybridized carbons (Fsp3) is 0.880. The van der Waals surface area contributed by atoms with Crippen LogP contribution in [0.15, 0.2) is 12.2 Å². The zero-order valence-electron chi connectivity index (χ0n) is 20.2. The van der Waals surface area contributed by atoms with E-state index in [0.29, 0.717) is 18.4 Å². The van der Waals surface area contributed by atoms with Crippen LogP contribution in [0.1, 0.15) is 60.3 Å². The van der Waals surface area contributed by atoms with E-state index in [0.717, 1.165) is 0 Å². The zero-order valence-corrected chi connectivity index (χ0v) is 20.2. The molecular formula is C25H40O8. The van der Waals surface area contributed by atoms with E-state index >= 15 is 0 Å². The molecule has 0 aliphatic heterocycles. The molecular weight excluding hydrogens is 428 g/mol. The van der Waals surface area contributed by atoms with Gasteiger partial charge >= 0.3 is 5.97 Å². The molecule has 4 saturated carbocycles. The normalized spacial score (nSPS) is 52.5. The Hall–Kier alpha value is -1.03. The Morgan fingerprint density at radius 1 is 1.12 bits per heavy atom. The smallest absolute Gasteiger partial charge is 0.311 e. The van der Waals surface area contributed by atoms with Crippen LogP contribution in [0.25, 0.3) is 0 Å². The van der Waals surface area contributed by atoms with E-state index in [2.05, 4.69) is 6.58 Å². The maximum atomic E-state index is 12.9. The van der Waals surface area contributed by atoms with Crippen LogP contribution in [0.2, 0.25) is 0 Å². The fourth-order valence-electron chi connectivity index (χ4n) is 7.93. The second kappa shape index (κ2) is 7.48. The van der Waals surface area contributed by atoms with E-state index in [1.54, 1.807) is 27.7 Å². The third kappa shape index (κ3) is 3.07. The van der Waals surface area contributed by atoms with Gasteiger partial charge in [-0.1, -0.05) is 26.0 Å². The summed E-state index contributed by atoms with van der Waals surface area (Å²) in [6.45, 7) is 12.3. The number of fused-ring (bicyclic) bond motifs is 2. The average Bonchev–Trinajstić information content (AvgIpc) is 2.89. The molecule has 4 fully saturated rings. The summed E-state index contributed by atoms with van der Waals surface area (Å²) < 4.78 is 6.00. The van der Waals surface area contributed by atoms with Crippen molar-refractivity contribution < 1.29 is 40.2 Å². The molecule has 1 spiro atoms. The van der Waals surface area contributed by atoms with Gasteiger partial charge in [0.25, 0.3) is 0 Å². The summed E-state index contributed by atoms with van der Waals surface area (Å²) in [6, 6.07) is 0. The Bertz CT molecular complexity index is 836. The van der Waals surface area contributed by atoms with E-state index in [-0.39, 0.29) is 24.7 Å². The van der Waals surface area contributed by atoms with Crippen LogP contribution in [0.5, 0.6) is 0 Å². The quantitative estimate of drug-likeness (QED) is 0.259. The second-order valence-electron chi connectivity index (χ2n) is 12.1. The molecule has 0 aromatic rings. The molecule has 0 aromatic carbocycles. The molecule has 12 atom stereocenters. The largest absolute Gasteiger partial charge is 0.461 e. The molecule has 0 unspecified atom stereocenters. The summed E-state index contributed by atoms with van der Waals surface area (Å²) in [4.78, 5) is 12.9. The monoisotopic (exact) mass is 468 g/mol. The lowest BCUT2D eigenvalue weighted by molar-refractivity contribution is -0.185. The second-order valence-corrected chi connectivity index (χ2v) is 12.1. The fourth-order valence-corrected chi connectivity index (χ4v) is 7.93. The van der Waals surface area contributed by atoms with Crippen LogP contribution in [0.4, 0.5) is 0 Å². The highest BCUT2D eigenvalue weighted by atomic mass is 16.5. The number of esters is 1. The van der Waals surface area contributed by atoms with Gasteiger partial charge in [0.05, 0.1) is 35.9 Å². The van der Waals surface area contributed by atoms with Crippen molar-refractivity contribution in [3.8, 4) is 0 Å². The van der Waals surface area contributed by atoms with Crippen molar-refractivity contribution in [2.24, 2.45) is 34.5 Å². The van der Waals surface area contributed by atoms with Crippen LogP contribution in [0.3, 0.4) is 0 Å². The molecule has 8 nitrogen and oxygen atoms in total. The highest BCUT2D eigenvalue weighted by molar-refractivity contribution is 5.73. The average molecular weight is 469 g/mol. The summed E-state index contributed by atoms with van der Waals surface area (Å²) in [5.41, 5.74) is -4.61. The SMILES string of the molecule is C=C1[C@@H]2[C@@H](O)[C@H](O)C(C)(C)[C@@]2(O)[C@H](O)C[C@]23C[C@@](C)(O)[C@H](CC[C@@H]12)[C@H]3OC(=O)[C@@H](C)[C@H](C)O. The Labute approximate surface area is 195 Å². The summed E-state index contributed by atoms with van der Waals surface area (Å²) in [7, 11) is 0. The molecule has 0 saturated heterocycles. The minimum Gasteiger partial charge on any atom is -0.461 e. The number of hydrogen-bond donors (Lipinski definition) is 6. The zero-order chi connectivity index (χ0) is 24.9. The first kappa shape index (κ1) is 25.1. The number of ether oxygens (including phenoxy) is 1. The van der Waals surface area contributed by atoms with Crippen LogP contribution in [-0.4, -0.2) is 78.3 Å². The highest BCUT2D eigenvalue weighted by Gasteiger charge is 2.75. The van der Waals surface area contributed by atoms with Crippen molar-refractivity contribution in [1.29, 1.82) is 0 Å². The van der Waals surface area contributed by atoms with Crippen molar-refractivity contribution in [1.82, 2.24) is 0 Å². The topological polar surface area (TPSA) is 148 Å². The Morgan fingerprint density at radius 3 is 2.30 bits per heavy atom. The van der Waals surface area contributed by atoms with Gasteiger partial charge in [-0.05, 0) is 52.4 Å². The van der Waals surface area contributed by atoms with Crippen molar-refractivity contribution in [2.75, 3.05) is 0 Å². The molecule has 4 aliphatic rings. The lowest BCUT2D eigenvalue weighted by Gasteiger charge is -2.47. The van der Waals surface area contributed by atoms with Crippen molar-refractivity contribution in [3.05, 3.63) is 12.2 Å². The van der Waals surface area contributed by atoms with Gasteiger partial charge in [0.15, 0.2) is 0 Å². The van der Waals surface area contributed by atoms with Crippen LogP contribution < -0.4 is 0 Å². The van der Waals surface area contributed by atoms with E-state index in [1.807, 2.05) is 0 Å². The lowest BCUT2D eigenvalue weighted by atomic mass is 9.61. The van der Waals surface area contributed by atoms with Crippen molar-refractivity contribution in [2.45, 2.75) is 102 Å². The molecule has 8 heteroatoms. The maximum Gasteiger partial charge on any atom is 0.311 e. The number of rotatable bonds is 3. The van der Waals surface area contributed by atoms with Gasteiger partial charge in [0.2, 0.25) is 0 Å². The predicted octanol–water partition coefficient (Wildman–Crippen LogP) is 0.512. The van der Waals surface area contributed by atoms with Gasteiger partial charge < -0.3 is 35.4 Å². The molecule has 0 aromatic heterocycles. The first-order chi connectivity index (χ1) is 15.0. The molecule has 188 valence electrons. The molecule has 0 amide bonds. The number of hydrogen-bond acceptors (Lipinski definition) is 8. The van der Waals surface area contributed by atoms with E-state index in [4.69, 9.17) is 4.74 Å². The molecule has 0 radical (unpaired) electrons. The third-order valence-corrected chi connectivity index (χ3v) is 10.1. The molecule has 33 heavy (non-hydrogen) atoms. The summed E-state index contributed by atoms with van der Waals surface area (Å²) >= 11 is 0. The van der Waals surface area contributed by atoms with Gasteiger partial charge in [-0.25, -0.2) is 0 Å². The van der Waals surface area contributed by atoms with Crippen LogP contribution in [0, 0.1) is 34.5 Å². The minimum atomic E-state index is -1.85.